The van der Waals surface area contributed by atoms with E-state index >= 15 is 0 Å². The Kier molecular flexibility index (Phi) is 6.81. The van der Waals surface area contributed by atoms with Crippen LogP contribution < -0.4 is 4.72 Å². The first-order chi connectivity index (χ1) is 10.4. The molecule has 0 heterocycles. The third-order valence-electron chi connectivity index (χ3n) is 3.66. The van der Waals surface area contributed by atoms with Crippen LogP contribution in [0.2, 0.25) is 0 Å². The highest BCUT2D eigenvalue weighted by Crippen LogP contribution is 2.29. The monoisotopic (exact) mass is 341 g/mol. The van der Waals surface area contributed by atoms with Gasteiger partial charge in [-0.05, 0) is 56.2 Å². The Balaban J connectivity index is 2.88. The summed E-state index contributed by atoms with van der Waals surface area (Å²) in [6, 6.07) is 3.95. The molecule has 0 unspecified atom stereocenters. The maximum atomic E-state index is 12.6. The van der Waals surface area contributed by atoms with Gasteiger partial charge < -0.3 is 4.74 Å². The second-order valence-electron chi connectivity index (χ2n) is 7.36. The molecule has 0 fully saturated rings. The molecule has 0 aliphatic heterocycles. The average Bonchev–Trinajstić information content (AvgIpc) is 2.35. The third-order valence-corrected chi connectivity index (χ3v) is 5.43. The quantitative estimate of drug-likeness (QED) is 0.770. The van der Waals surface area contributed by atoms with Gasteiger partial charge in [0, 0.05) is 13.2 Å². The molecule has 0 aliphatic carbocycles. The summed E-state index contributed by atoms with van der Waals surface area (Å²) in [4.78, 5) is 0.398. The normalized spacial score (nSPS) is 12.9. The summed E-state index contributed by atoms with van der Waals surface area (Å²) in [6.45, 7) is 15.0. The van der Waals surface area contributed by atoms with Crippen LogP contribution in [0.5, 0.6) is 0 Å². The molecule has 0 amide bonds. The number of aryl methyl sites for hydroxylation is 2. The minimum absolute atomic E-state index is 0.000570. The molecule has 0 atom stereocenters. The zero-order valence-electron chi connectivity index (χ0n) is 15.5. The van der Waals surface area contributed by atoms with Crippen molar-refractivity contribution in [2.45, 2.75) is 71.3 Å². The minimum Gasteiger partial charge on any atom is -0.379 e. The topological polar surface area (TPSA) is 55.4 Å². The van der Waals surface area contributed by atoms with Crippen LogP contribution in [0.1, 0.15) is 57.7 Å². The molecule has 132 valence electrons. The Morgan fingerprint density at radius 3 is 2.09 bits per heavy atom. The van der Waals surface area contributed by atoms with Crippen molar-refractivity contribution in [3.63, 3.8) is 0 Å². The molecule has 0 saturated carbocycles. The number of rotatable bonds is 7. The van der Waals surface area contributed by atoms with Gasteiger partial charge in [-0.15, -0.1) is 0 Å². The van der Waals surface area contributed by atoms with Crippen molar-refractivity contribution in [1.82, 2.24) is 4.72 Å². The summed E-state index contributed by atoms with van der Waals surface area (Å²) in [6.07, 6.45) is 0.830. The lowest BCUT2D eigenvalue weighted by atomic mass is 9.85. The van der Waals surface area contributed by atoms with E-state index < -0.39 is 10.0 Å². The second kappa shape index (κ2) is 7.77. The molecule has 1 aromatic rings. The first kappa shape index (κ1) is 20.1. The Labute approximate surface area is 141 Å². The first-order valence-corrected chi connectivity index (χ1v) is 9.66. The Hall–Kier alpha value is -0.910. The molecule has 0 radical (unpaired) electrons. The Morgan fingerprint density at radius 1 is 1.13 bits per heavy atom. The fraction of sp³-hybridized carbons (Fsp3) is 0.667. The number of hydrogen-bond acceptors (Lipinski definition) is 3. The fourth-order valence-corrected chi connectivity index (χ4v) is 4.00. The average molecular weight is 342 g/mol. The van der Waals surface area contributed by atoms with Gasteiger partial charge in [-0.3, -0.25) is 0 Å². The van der Waals surface area contributed by atoms with Gasteiger partial charge in [-0.25, -0.2) is 13.1 Å². The summed E-state index contributed by atoms with van der Waals surface area (Å²) in [5, 5.41) is 0. The SMILES string of the molecule is Cc1cc(C(C)(C)C)cc(C)c1S(=O)(=O)NCCCOC(C)C. The summed E-state index contributed by atoms with van der Waals surface area (Å²) in [5.41, 5.74) is 2.73. The summed E-state index contributed by atoms with van der Waals surface area (Å²) >= 11 is 0. The molecular formula is C18H31NO3S. The lowest BCUT2D eigenvalue weighted by Gasteiger charge is -2.22. The molecule has 5 heteroatoms. The zero-order valence-corrected chi connectivity index (χ0v) is 16.3. The Morgan fingerprint density at radius 2 is 1.65 bits per heavy atom. The van der Waals surface area contributed by atoms with E-state index in [0.29, 0.717) is 24.5 Å². The molecule has 1 rings (SSSR count). The van der Waals surface area contributed by atoms with Gasteiger partial charge in [0.25, 0.3) is 0 Å². The van der Waals surface area contributed by atoms with Crippen molar-refractivity contribution < 1.29 is 13.2 Å². The van der Waals surface area contributed by atoms with Crippen molar-refractivity contribution in [1.29, 1.82) is 0 Å². The number of benzene rings is 1. The van der Waals surface area contributed by atoms with E-state index in [1.54, 1.807) is 0 Å². The second-order valence-corrected chi connectivity index (χ2v) is 9.06. The van der Waals surface area contributed by atoms with Gasteiger partial charge in [-0.2, -0.15) is 0 Å². The van der Waals surface area contributed by atoms with E-state index in [1.165, 1.54) is 0 Å². The molecule has 0 aromatic heterocycles. The molecule has 0 aliphatic rings. The molecule has 23 heavy (non-hydrogen) atoms. The minimum atomic E-state index is -3.49. The van der Waals surface area contributed by atoms with Crippen LogP contribution in [0.15, 0.2) is 17.0 Å². The van der Waals surface area contributed by atoms with Crippen molar-refractivity contribution in [2.75, 3.05) is 13.2 Å². The highest BCUT2D eigenvalue weighted by atomic mass is 32.2. The van der Waals surface area contributed by atoms with Crippen molar-refractivity contribution in [2.24, 2.45) is 0 Å². The van der Waals surface area contributed by atoms with E-state index in [4.69, 9.17) is 4.74 Å². The van der Waals surface area contributed by atoms with E-state index in [9.17, 15) is 8.42 Å². The van der Waals surface area contributed by atoms with Crippen LogP contribution in [0, 0.1) is 13.8 Å². The van der Waals surface area contributed by atoms with Crippen molar-refractivity contribution in [3.05, 3.63) is 28.8 Å². The van der Waals surface area contributed by atoms with E-state index in [0.717, 1.165) is 16.7 Å². The number of sulfonamides is 1. The molecular weight excluding hydrogens is 310 g/mol. The van der Waals surface area contributed by atoms with Crippen LogP contribution in [0.25, 0.3) is 0 Å². The van der Waals surface area contributed by atoms with Gasteiger partial charge in [0.05, 0.1) is 11.0 Å². The lowest BCUT2D eigenvalue weighted by molar-refractivity contribution is 0.0778. The summed E-state index contributed by atoms with van der Waals surface area (Å²) < 4.78 is 33.3. The van der Waals surface area contributed by atoms with E-state index in [1.807, 2.05) is 39.8 Å². The van der Waals surface area contributed by atoms with E-state index in [2.05, 4.69) is 25.5 Å². The number of nitrogens with one attached hydrogen (secondary N) is 1. The standard InChI is InChI=1S/C18H31NO3S/c1-13(2)22-10-8-9-19-23(20,21)17-14(3)11-16(12-15(17)4)18(5,6)7/h11-13,19H,8-10H2,1-7H3. The van der Waals surface area contributed by atoms with Crippen LogP contribution in [0.4, 0.5) is 0 Å². The fourth-order valence-electron chi connectivity index (χ4n) is 2.48. The third kappa shape index (κ3) is 5.90. The first-order valence-electron chi connectivity index (χ1n) is 8.18. The predicted molar refractivity (Wildman–Crippen MR) is 95.5 cm³/mol. The molecule has 1 N–H and O–H groups in total. The molecule has 0 saturated heterocycles. The highest BCUT2D eigenvalue weighted by Gasteiger charge is 2.22. The maximum Gasteiger partial charge on any atom is 0.241 e. The molecule has 0 spiro atoms. The van der Waals surface area contributed by atoms with Crippen LogP contribution in [-0.4, -0.2) is 27.7 Å². The van der Waals surface area contributed by atoms with Crippen LogP contribution in [-0.2, 0) is 20.2 Å². The molecule has 0 bridgehead atoms. The van der Waals surface area contributed by atoms with Crippen molar-refractivity contribution >= 4 is 10.0 Å². The summed E-state index contributed by atoms with van der Waals surface area (Å²) in [5.74, 6) is 0. The van der Waals surface area contributed by atoms with Crippen LogP contribution >= 0.6 is 0 Å². The van der Waals surface area contributed by atoms with Gasteiger partial charge in [0.1, 0.15) is 0 Å². The lowest BCUT2D eigenvalue weighted by Crippen LogP contribution is -2.27. The number of hydrogen-bond donors (Lipinski definition) is 1. The van der Waals surface area contributed by atoms with Gasteiger partial charge in [0.15, 0.2) is 0 Å². The van der Waals surface area contributed by atoms with Crippen molar-refractivity contribution in [3.8, 4) is 0 Å². The van der Waals surface area contributed by atoms with Gasteiger partial charge >= 0.3 is 0 Å². The van der Waals surface area contributed by atoms with Gasteiger partial charge in [-0.1, -0.05) is 32.9 Å². The maximum absolute atomic E-state index is 12.6. The molecule has 4 nitrogen and oxygen atoms in total. The largest absolute Gasteiger partial charge is 0.379 e. The number of ether oxygens (including phenoxy) is 1. The van der Waals surface area contributed by atoms with Gasteiger partial charge in [0.2, 0.25) is 10.0 Å². The smallest absolute Gasteiger partial charge is 0.241 e. The zero-order chi connectivity index (χ0) is 17.8. The Bertz CT molecular complexity index is 605. The molecule has 1 aromatic carbocycles. The highest BCUT2D eigenvalue weighted by molar-refractivity contribution is 7.89. The predicted octanol–water partition coefficient (Wildman–Crippen LogP) is 3.69. The summed E-state index contributed by atoms with van der Waals surface area (Å²) in [7, 11) is -3.49. The van der Waals surface area contributed by atoms with E-state index in [-0.39, 0.29) is 11.5 Å². The van der Waals surface area contributed by atoms with Crippen LogP contribution in [0.3, 0.4) is 0 Å².